The SMILES string of the molecule is C[C@H]1CCCC[C@H]1NC(=O)c1ccc2c(c1)N(C)C(=O)/C(=C/c1ccccc1F)S2. The molecule has 30 heavy (non-hydrogen) atoms. The van der Waals surface area contributed by atoms with E-state index in [1.54, 1.807) is 43.5 Å². The monoisotopic (exact) mass is 424 g/mol. The first-order valence-electron chi connectivity index (χ1n) is 10.3. The maximum Gasteiger partial charge on any atom is 0.264 e. The summed E-state index contributed by atoms with van der Waals surface area (Å²) in [4.78, 5) is 28.5. The summed E-state index contributed by atoms with van der Waals surface area (Å²) in [6.07, 6.45) is 6.09. The fourth-order valence-electron chi connectivity index (χ4n) is 4.05. The molecule has 0 radical (unpaired) electrons. The van der Waals surface area contributed by atoms with Crippen LogP contribution in [0.5, 0.6) is 0 Å². The second kappa shape index (κ2) is 8.64. The standard InChI is InChI=1S/C24H25FN2O2S/c1-15-7-3-6-10-19(15)26-23(28)17-11-12-21-20(13-17)27(2)24(29)22(30-21)14-16-8-4-5-9-18(16)25/h4-5,8-9,11-15,19H,3,6-7,10H2,1-2H3,(H,26,28)/b22-14-/t15-,19+/m0/s1. The third kappa shape index (κ3) is 4.15. The van der Waals surface area contributed by atoms with Gasteiger partial charge < -0.3 is 10.2 Å². The minimum atomic E-state index is -0.365. The Hall–Kier alpha value is -2.60. The first-order valence-corrected chi connectivity index (χ1v) is 11.1. The molecule has 1 saturated carbocycles. The number of hydrogen-bond acceptors (Lipinski definition) is 3. The van der Waals surface area contributed by atoms with Gasteiger partial charge in [0.05, 0.1) is 10.6 Å². The quantitative estimate of drug-likeness (QED) is 0.685. The van der Waals surface area contributed by atoms with Gasteiger partial charge in [0.1, 0.15) is 5.82 Å². The zero-order valence-corrected chi connectivity index (χ0v) is 18.0. The molecule has 1 heterocycles. The van der Waals surface area contributed by atoms with E-state index in [-0.39, 0.29) is 23.7 Å². The summed E-state index contributed by atoms with van der Waals surface area (Å²) in [5.41, 5.74) is 1.62. The van der Waals surface area contributed by atoms with Crippen LogP contribution in [0.1, 0.15) is 48.5 Å². The number of halogens is 1. The van der Waals surface area contributed by atoms with Gasteiger partial charge in [0.25, 0.3) is 11.8 Å². The van der Waals surface area contributed by atoms with E-state index < -0.39 is 0 Å². The van der Waals surface area contributed by atoms with Crippen LogP contribution < -0.4 is 10.2 Å². The lowest BCUT2D eigenvalue weighted by atomic mass is 9.86. The van der Waals surface area contributed by atoms with Crippen LogP contribution in [0.15, 0.2) is 52.3 Å². The number of carbonyl (C=O) groups excluding carboxylic acids is 2. The number of benzene rings is 2. The molecule has 4 rings (SSSR count). The maximum atomic E-state index is 14.0. The fourth-order valence-corrected chi connectivity index (χ4v) is 5.13. The van der Waals surface area contributed by atoms with E-state index >= 15 is 0 Å². The normalized spacial score (nSPS) is 22.7. The first kappa shape index (κ1) is 20.7. The van der Waals surface area contributed by atoms with E-state index in [9.17, 15) is 14.0 Å². The van der Waals surface area contributed by atoms with Gasteiger partial charge >= 0.3 is 0 Å². The number of nitrogens with one attached hydrogen (secondary N) is 1. The highest BCUT2D eigenvalue weighted by atomic mass is 32.2. The van der Waals surface area contributed by atoms with Gasteiger partial charge in [-0.25, -0.2) is 4.39 Å². The molecule has 2 aromatic carbocycles. The van der Waals surface area contributed by atoms with Gasteiger partial charge in [0.15, 0.2) is 0 Å². The predicted molar refractivity (Wildman–Crippen MR) is 119 cm³/mol. The second-order valence-corrected chi connectivity index (χ2v) is 9.10. The molecule has 2 amide bonds. The number of thioether (sulfide) groups is 1. The Morgan fingerprint density at radius 1 is 1.20 bits per heavy atom. The zero-order chi connectivity index (χ0) is 21.3. The van der Waals surface area contributed by atoms with Crippen LogP contribution in [0.3, 0.4) is 0 Å². The average molecular weight is 425 g/mol. The third-order valence-corrected chi connectivity index (χ3v) is 7.02. The molecule has 0 bridgehead atoms. The van der Waals surface area contributed by atoms with Crippen molar-refractivity contribution in [3.05, 3.63) is 64.3 Å². The van der Waals surface area contributed by atoms with Gasteiger partial charge in [-0.2, -0.15) is 0 Å². The molecule has 1 fully saturated rings. The lowest BCUT2D eigenvalue weighted by Crippen LogP contribution is -2.41. The number of fused-ring (bicyclic) bond motifs is 1. The number of rotatable bonds is 3. The minimum Gasteiger partial charge on any atom is -0.349 e. The van der Waals surface area contributed by atoms with Crippen molar-refractivity contribution in [2.75, 3.05) is 11.9 Å². The van der Waals surface area contributed by atoms with Crippen LogP contribution >= 0.6 is 11.8 Å². The molecule has 0 spiro atoms. The van der Waals surface area contributed by atoms with Gasteiger partial charge in [-0.1, -0.05) is 49.7 Å². The smallest absolute Gasteiger partial charge is 0.264 e. The molecule has 1 aliphatic heterocycles. The third-order valence-electron chi connectivity index (χ3n) is 5.94. The lowest BCUT2D eigenvalue weighted by molar-refractivity contribution is -0.114. The van der Waals surface area contributed by atoms with Gasteiger partial charge in [-0.15, -0.1) is 0 Å². The molecule has 4 nitrogen and oxygen atoms in total. The Balaban J connectivity index is 1.57. The number of carbonyl (C=O) groups is 2. The highest BCUT2D eigenvalue weighted by Crippen LogP contribution is 2.42. The molecule has 156 valence electrons. The van der Waals surface area contributed by atoms with Gasteiger partial charge in [0, 0.05) is 29.1 Å². The van der Waals surface area contributed by atoms with Gasteiger partial charge in [0.2, 0.25) is 0 Å². The number of hydrogen-bond donors (Lipinski definition) is 1. The molecular weight excluding hydrogens is 399 g/mol. The second-order valence-electron chi connectivity index (χ2n) is 8.02. The Kier molecular flexibility index (Phi) is 5.95. The van der Waals surface area contributed by atoms with Crippen LogP contribution in [0, 0.1) is 11.7 Å². The van der Waals surface area contributed by atoms with E-state index in [0.29, 0.717) is 27.6 Å². The molecule has 2 aromatic rings. The van der Waals surface area contributed by atoms with Crippen molar-refractivity contribution >= 4 is 35.3 Å². The van der Waals surface area contributed by atoms with Crippen molar-refractivity contribution in [1.82, 2.24) is 5.32 Å². The zero-order valence-electron chi connectivity index (χ0n) is 17.2. The minimum absolute atomic E-state index is 0.102. The van der Waals surface area contributed by atoms with Crippen molar-refractivity contribution in [1.29, 1.82) is 0 Å². The lowest BCUT2D eigenvalue weighted by Gasteiger charge is -2.30. The van der Waals surface area contributed by atoms with Crippen molar-refractivity contribution in [2.45, 2.75) is 43.5 Å². The molecule has 1 aliphatic carbocycles. The summed E-state index contributed by atoms with van der Waals surface area (Å²) in [6, 6.07) is 12.0. The summed E-state index contributed by atoms with van der Waals surface area (Å²) >= 11 is 1.30. The summed E-state index contributed by atoms with van der Waals surface area (Å²) in [7, 11) is 1.68. The van der Waals surface area contributed by atoms with E-state index in [1.807, 2.05) is 6.07 Å². The van der Waals surface area contributed by atoms with Crippen molar-refractivity contribution < 1.29 is 14.0 Å². The highest BCUT2D eigenvalue weighted by Gasteiger charge is 2.28. The predicted octanol–water partition coefficient (Wildman–Crippen LogP) is 5.24. The van der Waals surface area contributed by atoms with Crippen LogP contribution in [0.2, 0.25) is 0 Å². The average Bonchev–Trinajstić information content (AvgIpc) is 2.74. The molecule has 2 aliphatic rings. The van der Waals surface area contributed by atoms with E-state index in [1.165, 1.54) is 29.1 Å². The van der Waals surface area contributed by atoms with Crippen molar-refractivity contribution in [2.24, 2.45) is 5.92 Å². The van der Waals surface area contributed by atoms with Crippen molar-refractivity contribution in [3.63, 3.8) is 0 Å². The van der Waals surface area contributed by atoms with Crippen LogP contribution in [0.4, 0.5) is 10.1 Å². The first-order chi connectivity index (χ1) is 14.4. The van der Waals surface area contributed by atoms with Gasteiger partial charge in [-0.05, 0) is 49.1 Å². The summed E-state index contributed by atoms with van der Waals surface area (Å²) in [5, 5.41) is 3.16. The molecule has 0 unspecified atom stereocenters. The number of anilines is 1. The maximum absolute atomic E-state index is 14.0. The fraction of sp³-hybridized carbons (Fsp3) is 0.333. The van der Waals surface area contributed by atoms with Crippen molar-refractivity contribution in [3.8, 4) is 0 Å². The van der Waals surface area contributed by atoms with Crippen LogP contribution in [-0.4, -0.2) is 24.9 Å². The van der Waals surface area contributed by atoms with E-state index in [0.717, 1.165) is 24.2 Å². The Labute approximate surface area is 180 Å². The molecule has 2 atom stereocenters. The molecular formula is C24H25FN2O2S. The van der Waals surface area contributed by atoms with E-state index in [2.05, 4.69) is 12.2 Å². The largest absolute Gasteiger partial charge is 0.349 e. The Morgan fingerprint density at radius 3 is 2.73 bits per heavy atom. The van der Waals surface area contributed by atoms with Crippen LogP contribution in [0.25, 0.3) is 6.08 Å². The Bertz CT molecular complexity index is 1020. The number of nitrogens with zero attached hydrogens (tertiary/aromatic N) is 1. The number of likely N-dealkylation sites (N-methyl/N-ethyl adjacent to an activating group) is 1. The summed E-state index contributed by atoms with van der Waals surface area (Å²) in [6.45, 7) is 2.18. The molecule has 0 saturated heterocycles. The molecule has 0 aromatic heterocycles. The molecule has 6 heteroatoms. The summed E-state index contributed by atoms with van der Waals surface area (Å²) < 4.78 is 14.0. The van der Waals surface area contributed by atoms with Crippen LogP contribution in [-0.2, 0) is 4.79 Å². The van der Waals surface area contributed by atoms with Gasteiger partial charge in [-0.3, -0.25) is 9.59 Å². The summed E-state index contributed by atoms with van der Waals surface area (Å²) in [5.74, 6) is -0.202. The number of amides is 2. The topological polar surface area (TPSA) is 49.4 Å². The Morgan fingerprint density at radius 2 is 1.97 bits per heavy atom. The van der Waals surface area contributed by atoms with E-state index in [4.69, 9.17) is 0 Å². The highest BCUT2D eigenvalue weighted by molar-refractivity contribution is 8.04. The molecule has 1 N–H and O–H groups in total.